The molecular formula is C12H17N3OS. The van der Waals surface area contributed by atoms with Gasteiger partial charge in [-0.1, -0.05) is 13.8 Å². The quantitative estimate of drug-likeness (QED) is 0.857. The fourth-order valence-corrected chi connectivity index (χ4v) is 2.63. The first kappa shape index (κ1) is 12.3. The van der Waals surface area contributed by atoms with Gasteiger partial charge in [0.15, 0.2) is 0 Å². The van der Waals surface area contributed by atoms with Crippen LogP contribution in [0.15, 0.2) is 17.8 Å². The van der Waals surface area contributed by atoms with Gasteiger partial charge in [0.05, 0.1) is 22.9 Å². The van der Waals surface area contributed by atoms with Crippen LogP contribution in [0, 0.1) is 5.92 Å². The molecule has 0 aliphatic heterocycles. The minimum Gasteiger partial charge on any atom is -0.394 e. The molecule has 0 radical (unpaired) electrons. The molecule has 17 heavy (non-hydrogen) atoms. The molecule has 0 fully saturated rings. The van der Waals surface area contributed by atoms with Crippen LogP contribution in [-0.4, -0.2) is 27.7 Å². The van der Waals surface area contributed by atoms with Crippen molar-refractivity contribution in [3.63, 3.8) is 0 Å². The zero-order valence-electron chi connectivity index (χ0n) is 10.1. The Balaban J connectivity index is 2.19. The fourth-order valence-electron chi connectivity index (χ4n) is 1.83. The van der Waals surface area contributed by atoms with Crippen LogP contribution in [0.2, 0.25) is 0 Å². The van der Waals surface area contributed by atoms with Crippen LogP contribution in [0.5, 0.6) is 0 Å². The first-order chi connectivity index (χ1) is 8.20. The van der Waals surface area contributed by atoms with E-state index in [4.69, 9.17) is 0 Å². The Morgan fingerprint density at radius 2 is 2.24 bits per heavy atom. The van der Waals surface area contributed by atoms with E-state index in [0.29, 0.717) is 5.92 Å². The van der Waals surface area contributed by atoms with Crippen molar-refractivity contribution in [2.24, 2.45) is 5.92 Å². The van der Waals surface area contributed by atoms with E-state index in [-0.39, 0.29) is 12.6 Å². The molecule has 2 N–H and O–H groups in total. The molecule has 0 amide bonds. The highest BCUT2D eigenvalue weighted by atomic mass is 32.1. The van der Waals surface area contributed by atoms with E-state index in [9.17, 15) is 5.11 Å². The first-order valence-electron chi connectivity index (χ1n) is 5.76. The van der Waals surface area contributed by atoms with Gasteiger partial charge in [-0.2, -0.15) is 0 Å². The van der Waals surface area contributed by atoms with Crippen LogP contribution in [0.25, 0.3) is 10.2 Å². The standard InChI is InChI=1S/C12H17N3OS/c1-8(2)5-9(6-16)15-12-11-10(3-4-17-11)13-7-14-12/h3-4,7-9,16H,5-6H2,1-2H3,(H,13,14,15). The highest BCUT2D eigenvalue weighted by Gasteiger charge is 2.12. The number of aliphatic hydroxyl groups is 1. The van der Waals surface area contributed by atoms with Gasteiger partial charge in [-0.25, -0.2) is 9.97 Å². The molecule has 0 bridgehead atoms. The van der Waals surface area contributed by atoms with E-state index in [0.717, 1.165) is 22.5 Å². The zero-order valence-corrected chi connectivity index (χ0v) is 10.9. The summed E-state index contributed by atoms with van der Waals surface area (Å²) in [5.74, 6) is 1.37. The lowest BCUT2D eigenvalue weighted by Gasteiger charge is -2.18. The van der Waals surface area contributed by atoms with E-state index in [1.54, 1.807) is 17.7 Å². The molecule has 5 heteroatoms. The molecule has 1 unspecified atom stereocenters. The monoisotopic (exact) mass is 251 g/mol. The van der Waals surface area contributed by atoms with Gasteiger partial charge in [0.2, 0.25) is 0 Å². The summed E-state index contributed by atoms with van der Waals surface area (Å²) in [5, 5.41) is 14.7. The number of hydrogen-bond donors (Lipinski definition) is 2. The summed E-state index contributed by atoms with van der Waals surface area (Å²) in [7, 11) is 0. The highest BCUT2D eigenvalue weighted by molar-refractivity contribution is 7.17. The van der Waals surface area contributed by atoms with Gasteiger partial charge in [-0.05, 0) is 23.8 Å². The van der Waals surface area contributed by atoms with Crippen LogP contribution in [0.3, 0.4) is 0 Å². The molecule has 1 atom stereocenters. The molecular weight excluding hydrogens is 234 g/mol. The van der Waals surface area contributed by atoms with Crippen molar-refractivity contribution in [1.82, 2.24) is 9.97 Å². The van der Waals surface area contributed by atoms with Gasteiger partial charge in [-0.15, -0.1) is 11.3 Å². The normalized spacial score (nSPS) is 13.2. The number of rotatable bonds is 5. The number of thiophene rings is 1. The van der Waals surface area contributed by atoms with E-state index in [1.165, 1.54) is 0 Å². The molecule has 4 nitrogen and oxygen atoms in total. The SMILES string of the molecule is CC(C)CC(CO)Nc1ncnc2ccsc12. The molecule has 2 aromatic rings. The largest absolute Gasteiger partial charge is 0.394 e. The van der Waals surface area contributed by atoms with Crippen LogP contribution >= 0.6 is 11.3 Å². The van der Waals surface area contributed by atoms with Gasteiger partial charge in [0.1, 0.15) is 12.1 Å². The maximum Gasteiger partial charge on any atom is 0.147 e. The maximum atomic E-state index is 9.36. The third-order valence-electron chi connectivity index (χ3n) is 2.56. The fraction of sp³-hybridized carbons (Fsp3) is 0.500. The van der Waals surface area contributed by atoms with E-state index < -0.39 is 0 Å². The van der Waals surface area contributed by atoms with Gasteiger partial charge in [0, 0.05) is 0 Å². The van der Waals surface area contributed by atoms with Crippen molar-refractivity contribution in [2.45, 2.75) is 26.3 Å². The minimum atomic E-state index is 0.0511. The number of nitrogens with zero attached hydrogens (tertiary/aromatic N) is 2. The van der Waals surface area contributed by atoms with Gasteiger partial charge >= 0.3 is 0 Å². The second-order valence-corrected chi connectivity index (χ2v) is 5.43. The van der Waals surface area contributed by atoms with Gasteiger partial charge in [0.25, 0.3) is 0 Å². The van der Waals surface area contributed by atoms with E-state index in [2.05, 4.69) is 29.1 Å². The molecule has 0 saturated carbocycles. The molecule has 0 spiro atoms. The lowest BCUT2D eigenvalue weighted by molar-refractivity contribution is 0.259. The molecule has 0 aliphatic rings. The number of hydrogen-bond acceptors (Lipinski definition) is 5. The minimum absolute atomic E-state index is 0.0511. The third kappa shape index (κ3) is 2.92. The summed E-state index contributed by atoms with van der Waals surface area (Å²) in [6, 6.07) is 2.03. The van der Waals surface area contributed by atoms with Crippen LogP contribution in [0.4, 0.5) is 5.82 Å². The number of aliphatic hydroxyl groups excluding tert-OH is 1. The smallest absolute Gasteiger partial charge is 0.147 e. The molecule has 0 saturated heterocycles. The zero-order chi connectivity index (χ0) is 12.3. The topological polar surface area (TPSA) is 58.0 Å². The average molecular weight is 251 g/mol. The third-order valence-corrected chi connectivity index (χ3v) is 3.47. The van der Waals surface area contributed by atoms with Crippen molar-refractivity contribution in [3.8, 4) is 0 Å². The number of aromatic nitrogens is 2. The van der Waals surface area contributed by atoms with Crippen LogP contribution in [0.1, 0.15) is 20.3 Å². The summed E-state index contributed by atoms with van der Waals surface area (Å²) >= 11 is 1.62. The van der Waals surface area contributed by atoms with Gasteiger partial charge < -0.3 is 10.4 Å². The van der Waals surface area contributed by atoms with Crippen molar-refractivity contribution in [1.29, 1.82) is 0 Å². The second kappa shape index (κ2) is 5.42. The molecule has 0 aromatic carbocycles. The number of anilines is 1. The van der Waals surface area contributed by atoms with Crippen molar-refractivity contribution >= 4 is 27.4 Å². The Bertz CT molecular complexity index is 483. The highest BCUT2D eigenvalue weighted by Crippen LogP contribution is 2.25. The predicted octanol–water partition coefficient (Wildman–Crippen LogP) is 2.51. The molecule has 0 aliphatic carbocycles. The maximum absolute atomic E-state index is 9.36. The van der Waals surface area contributed by atoms with E-state index >= 15 is 0 Å². The summed E-state index contributed by atoms with van der Waals surface area (Å²) in [5.41, 5.74) is 0.953. The van der Waals surface area contributed by atoms with Crippen molar-refractivity contribution < 1.29 is 5.11 Å². The van der Waals surface area contributed by atoms with Crippen LogP contribution < -0.4 is 5.32 Å². The Morgan fingerprint density at radius 1 is 1.41 bits per heavy atom. The molecule has 2 heterocycles. The Kier molecular flexibility index (Phi) is 3.91. The summed E-state index contributed by atoms with van der Waals surface area (Å²) < 4.78 is 1.05. The molecule has 2 rings (SSSR count). The number of fused-ring (bicyclic) bond motifs is 1. The first-order valence-corrected chi connectivity index (χ1v) is 6.64. The summed E-state index contributed by atoms with van der Waals surface area (Å²) in [6.45, 7) is 4.41. The Labute approximate surface area is 105 Å². The molecule has 2 aromatic heterocycles. The predicted molar refractivity (Wildman–Crippen MR) is 71.4 cm³/mol. The lowest BCUT2D eigenvalue weighted by atomic mass is 10.0. The van der Waals surface area contributed by atoms with Crippen LogP contribution in [-0.2, 0) is 0 Å². The average Bonchev–Trinajstić information content (AvgIpc) is 2.76. The van der Waals surface area contributed by atoms with E-state index in [1.807, 2.05) is 11.4 Å². The summed E-state index contributed by atoms with van der Waals surface area (Å²) in [4.78, 5) is 8.44. The second-order valence-electron chi connectivity index (χ2n) is 4.51. The lowest BCUT2D eigenvalue weighted by Crippen LogP contribution is -2.26. The van der Waals surface area contributed by atoms with Crippen molar-refractivity contribution in [2.75, 3.05) is 11.9 Å². The van der Waals surface area contributed by atoms with Gasteiger partial charge in [-0.3, -0.25) is 0 Å². The molecule has 92 valence electrons. The summed E-state index contributed by atoms with van der Waals surface area (Å²) in [6.07, 6.45) is 2.48. The Hall–Kier alpha value is -1.20. The number of nitrogens with one attached hydrogen (secondary N) is 1. The Morgan fingerprint density at radius 3 is 2.94 bits per heavy atom. The van der Waals surface area contributed by atoms with Crippen molar-refractivity contribution in [3.05, 3.63) is 17.8 Å².